The van der Waals surface area contributed by atoms with E-state index in [1.54, 1.807) is 0 Å². The number of aliphatic carboxylic acids is 2. The predicted octanol–water partition coefficient (Wildman–Crippen LogP) is -0.561. The van der Waals surface area contributed by atoms with Crippen molar-refractivity contribution in [1.82, 2.24) is 0 Å². The summed E-state index contributed by atoms with van der Waals surface area (Å²) in [7, 11) is 0. The zero-order valence-corrected chi connectivity index (χ0v) is 5.97. The van der Waals surface area contributed by atoms with Crippen LogP contribution in [0.25, 0.3) is 0 Å². The van der Waals surface area contributed by atoms with E-state index in [9.17, 15) is 19.7 Å². The molecule has 7 heteroatoms. The summed E-state index contributed by atoms with van der Waals surface area (Å²) in [6.45, 7) is -0.650. The Hall–Kier alpha value is -1.66. The average Bonchev–Trinajstić information content (AvgIpc) is 1.84. The zero-order valence-electron chi connectivity index (χ0n) is 5.97. The minimum atomic E-state index is -1.68. The van der Waals surface area contributed by atoms with Crippen LogP contribution in [0.15, 0.2) is 0 Å². The third kappa shape index (κ3) is 3.49. The van der Waals surface area contributed by atoms with Crippen LogP contribution in [-0.4, -0.2) is 33.6 Å². The van der Waals surface area contributed by atoms with Crippen molar-refractivity contribution in [2.24, 2.45) is 5.92 Å². The maximum absolute atomic E-state index is 10.2. The molecule has 0 aliphatic heterocycles. The molecule has 12 heavy (non-hydrogen) atoms. The zero-order chi connectivity index (χ0) is 9.72. The molecule has 0 saturated carbocycles. The Morgan fingerprint density at radius 2 is 1.75 bits per heavy atom. The summed E-state index contributed by atoms with van der Waals surface area (Å²) in [5.41, 5.74) is 0. The molecule has 0 heterocycles. The van der Waals surface area contributed by atoms with Gasteiger partial charge in [0.25, 0.3) is 0 Å². The normalized spacial score (nSPS) is 9.75. The molecule has 0 atom stereocenters. The molecule has 0 rings (SSSR count). The largest absolute Gasteiger partial charge is 0.481 e. The Bertz CT molecular complexity index is 198. The van der Waals surface area contributed by atoms with Crippen LogP contribution in [0.5, 0.6) is 0 Å². The molecule has 0 unspecified atom stereocenters. The lowest BCUT2D eigenvalue weighted by Crippen LogP contribution is -2.25. The van der Waals surface area contributed by atoms with Crippen LogP contribution in [0.4, 0.5) is 0 Å². The monoisotopic (exact) mass is 177 g/mol. The van der Waals surface area contributed by atoms with E-state index in [0.29, 0.717) is 0 Å². The van der Waals surface area contributed by atoms with Crippen LogP contribution in [0.1, 0.15) is 6.42 Å². The fraction of sp³-hybridized carbons (Fsp3) is 0.600. The van der Waals surface area contributed by atoms with Crippen molar-refractivity contribution in [3.05, 3.63) is 10.1 Å². The van der Waals surface area contributed by atoms with Crippen molar-refractivity contribution in [3.8, 4) is 0 Å². The molecule has 0 aromatic heterocycles. The molecule has 0 spiro atoms. The minimum Gasteiger partial charge on any atom is -0.481 e. The molecular weight excluding hydrogens is 170 g/mol. The molecule has 2 N–H and O–H groups in total. The number of nitrogens with zero attached hydrogens (tertiary/aromatic N) is 1. The molecule has 0 fully saturated rings. The van der Waals surface area contributed by atoms with Gasteiger partial charge in [-0.25, -0.2) is 0 Å². The molecule has 0 aromatic rings. The first kappa shape index (κ1) is 10.3. The van der Waals surface area contributed by atoms with Gasteiger partial charge in [0.2, 0.25) is 6.54 Å². The minimum absolute atomic E-state index is 0.488. The summed E-state index contributed by atoms with van der Waals surface area (Å²) in [6.07, 6.45) is -0.488. The van der Waals surface area contributed by atoms with Gasteiger partial charge in [0.05, 0.1) is 0 Å². The van der Waals surface area contributed by atoms with Crippen LogP contribution >= 0.6 is 0 Å². The molecule has 0 aliphatic carbocycles. The molecule has 7 nitrogen and oxygen atoms in total. The fourth-order valence-corrected chi connectivity index (χ4v) is 0.587. The first-order valence-electron chi connectivity index (χ1n) is 3.02. The Kier molecular flexibility index (Phi) is 3.68. The smallest absolute Gasteiger partial charge is 0.318 e. The van der Waals surface area contributed by atoms with E-state index >= 15 is 0 Å². The van der Waals surface area contributed by atoms with Gasteiger partial charge in [-0.15, -0.1) is 0 Å². The molecule has 0 bridgehead atoms. The number of rotatable bonds is 5. The van der Waals surface area contributed by atoms with Crippen LogP contribution in [0, 0.1) is 16.0 Å². The third-order valence-electron chi connectivity index (χ3n) is 1.20. The summed E-state index contributed by atoms with van der Waals surface area (Å²) in [5, 5.41) is 26.3. The first-order valence-corrected chi connectivity index (χ1v) is 3.02. The molecule has 0 radical (unpaired) electrons. The Morgan fingerprint density at radius 1 is 1.33 bits per heavy atom. The topological polar surface area (TPSA) is 118 Å². The molecule has 0 amide bonds. The third-order valence-corrected chi connectivity index (χ3v) is 1.20. The number of hydrogen-bond donors (Lipinski definition) is 2. The van der Waals surface area contributed by atoms with Gasteiger partial charge in [-0.05, 0) is 0 Å². The second-order valence-corrected chi connectivity index (χ2v) is 2.07. The molecule has 0 saturated heterocycles. The summed E-state index contributed by atoms with van der Waals surface area (Å²) >= 11 is 0. The first-order chi connectivity index (χ1) is 5.45. The lowest BCUT2D eigenvalue weighted by molar-refractivity contribution is -0.481. The summed E-state index contributed by atoms with van der Waals surface area (Å²) < 4.78 is 0. The van der Waals surface area contributed by atoms with Crippen LogP contribution < -0.4 is 0 Å². The van der Waals surface area contributed by atoms with Gasteiger partial charge in [0.15, 0.2) is 5.92 Å². The highest BCUT2D eigenvalue weighted by Gasteiger charge is 2.27. The van der Waals surface area contributed by atoms with Crippen molar-refractivity contribution >= 4 is 11.9 Å². The van der Waals surface area contributed by atoms with Crippen LogP contribution in [-0.2, 0) is 9.59 Å². The van der Waals surface area contributed by atoms with Gasteiger partial charge in [-0.2, -0.15) is 0 Å². The van der Waals surface area contributed by atoms with Crippen LogP contribution in [0.2, 0.25) is 0 Å². The SMILES string of the molecule is O=C(O)C(CC[N+](=O)[O-])C(=O)O. The van der Waals surface area contributed by atoms with E-state index in [4.69, 9.17) is 10.2 Å². The van der Waals surface area contributed by atoms with Crippen molar-refractivity contribution in [2.45, 2.75) is 6.42 Å². The Balaban J connectivity index is 4.06. The Morgan fingerprint density at radius 3 is 2.00 bits per heavy atom. The van der Waals surface area contributed by atoms with E-state index in [1.807, 2.05) is 0 Å². The van der Waals surface area contributed by atoms with Gasteiger partial charge in [-0.1, -0.05) is 0 Å². The number of carboxylic acid groups (broad SMARTS) is 2. The average molecular weight is 177 g/mol. The van der Waals surface area contributed by atoms with E-state index in [2.05, 4.69) is 0 Å². The lowest BCUT2D eigenvalue weighted by Gasteiger charge is -2.02. The number of carbonyl (C=O) groups is 2. The van der Waals surface area contributed by atoms with Gasteiger partial charge >= 0.3 is 11.9 Å². The number of carboxylic acids is 2. The summed E-state index contributed by atoms with van der Waals surface area (Å²) in [4.78, 5) is 29.3. The van der Waals surface area contributed by atoms with E-state index in [-0.39, 0.29) is 0 Å². The van der Waals surface area contributed by atoms with Crippen molar-refractivity contribution < 1.29 is 24.7 Å². The predicted molar refractivity (Wildman–Crippen MR) is 35.2 cm³/mol. The van der Waals surface area contributed by atoms with Crippen molar-refractivity contribution in [2.75, 3.05) is 6.54 Å². The van der Waals surface area contributed by atoms with E-state index < -0.39 is 35.7 Å². The van der Waals surface area contributed by atoms with Gasteiger partial charge in [-0.3, -0.25) is 19.7 Å². The summed E-state index contributed by atoms with van der Waals surface area (Å²) in [5.74, 6) is -4.79. The number of nitro groups is 1. The maximum atomic E-state index is 10.2. The highest BCUT2D eigenvalue weighted by atomic mass is 16.6. The van der Waals surface area contributed by atoms with E-state index in [1.165, 1.54) is 0 Å². The molecule has 0 aromatic carbocycles. The summed E-state index contributed by atoms with van der Waals surface area (Å²) in [6, 6.07) is 0. The quantitative estimate of drug-likeness (QED) is 0.330. The van der Waals surface area contributed by atoms with Gasteiger partial charge in [0, 0.05) is 11.3 Å². The fourth-order valence-electron chi connectivity index (χ4n) is 0.587. The van der Waals surface area contributed by atoms with Gasteiger partial charge < -0.3 is 10.2 Å². The number of hydrogen-bond acceptors (Lipinski definition) is 4. The van der Waals surface area contributed by atoms with Crippen molar-refractivity contribution in [1.29, 1.82) is 0 Å². The van der Waals surface area contributed by atoms with Crippen molar-refractivity contribution in [3.63, 3.8) is 0 Å². The van der Waals surface area contributed by atoms with Gasteiger partial charge in [0.1, 0.15) is 0 Å². The maximum Gasteiger partial charge on any atom is 0.318 e. The lowest BCUT2D eigenvalue weighted by atomic mass is 10.1. The Labute approximate surface area is 66.8 Å². The second kappa shape index (κ2) is 4.27. The molecular formula is C5H7NO6. The second-order valence-electron chi connectivity index (χ2n) is 2.07. The molecule has 68 valence electrons. The molecule has 0 aliphatic rings. The standard InChI is InChI=1S/C5H7NO6/c7-4(8)3(5(9)10)1-2-6(11)12/h3H,1-2H2,(H,7,8)(H,9,10). The highest BCUT2D eigenvalue weighted by Crippen LogP contribution is 2.03. The van der Waals surface area contributed by atoms with E-state index in [0.717, 1.165) is 0 Å². The van der Waals surface area contributed by atoms with Crippen LogP contribution in [0.3, 0.4) is 0 Å². The highest BCUT2D eigenvalue weighted by molar-refractivity contribution is 5.92.